The highest BCUT2D eigenvalue weighted by atomic mass is 16.1. The number of carbonyl (C=O) groups excluding carboxylic acids is 1. The molecule has 1 nitrogen and oxygen atoms in total. The summed E-state index contributed by atoms with van der Waals surface area (Å²) in [6, 6.07) is 0. The minimum Gasteiger partial charge on any atom is -0.299 e. The van der Waals surface area contributed by atoms with E-state index in [9.17, 15) is 4.79 Å². The Bertz CT molecular complexity index is 219. The van der Waals surface area contributed by atoms with Crippen molar-refractivity contribution in [2.45, 2.75) is 58.8 Å². The van der Waals surface area contributed by atoms with E-state index in [-0.39, 0.29) is 0 Å². The Morgan fingerprint density at radius 3 is 2.20 bits per heavy atom. The van der Waals surface area contributed by atoms with Crippen molar-refractivity contribution in [2.24, 2.45) is 23.7 Å². The summed E-state index contributed by atoms with van der Waals surface area (Å²) in [5.74, 6) is 3.64. The van der Waals surface area contributed by atoms with E-state index in [4.69, 9.17) is 0 Å². The highest BCUT2D eigenvalue weighted by molar-refractivity contribution is 5.83. The topological polar surface area (TPSA) is 17.1 Å². The highest BCUT2D eigenvalue weighted by Crippen LogP contribution is 2.37. The molecule has 15 heavy (non-hydrogen) atoms. The third-order valence-electron chi connectivity index (χ3n) is 4.11. The predicted octanol–water partition coefficient (Wildman–Crippen LogP) is 3.82. The summed E-state index contributed by atoms with van der Waals surface area (Å²) in [6.07, 6.45) is 8.52. The number of rotatable bonds is 4. The maximum absolute atomic E-state index is 11.6. The molecule has 2 rings (SSSR count). The fourth-order valence-corrected chi connectivity index (χ4v) is 3.31. The van der Waals surface area contributed by atoms with Gasteiger partial charge in [0.25, 0.3) is 0 Å². The van der Waals surface area contributed by atoms with E-state index in [1.54, 1.807) is 0 Å². The fourth-order valence-electron chi connectivity index (χ4n) is 3.31. The molecule has 2 aliphatic rings. The van der Waals surface area contributed by atoms with Gasteiger partial charge in [-0.05, 0) is 56.3 Å². The molecule has 2 fully saturated rings. The Labute approximate surface area is 93.6 Å². The van der Waals surface area contributed by atoms with Crippen LogP contribution < -0.4 is 0 Å². The number of Topliss-reactive ketones (excluding diaryl/α,β-unsaturated/α-hetero) is 1. The minimum atomic E-state index is 0.475. The van der Waals surface area contributed by atoms with Crippen molar-refractivity contribution in [2.75, 3.05) is 0 Å². The van der Waals surface area contributed by atoms with Crippen LogP contribution in [0.3, 0.4) is 0 Å². The maximum Gasteiger partial charge on any atom is 0.135 e. The Kier molecular flexibility index (Phi) is 3.48. The van der Waals surface area contributed by atoms with Gasteiger partial charge in [-0.3, -0.25) is 4.79 Å². The predicted molar refractivity (Wildman–Crippen MR) is 62.6 cm³/mol. The smallest absolute Gasteiger partial charge is 0.135 e. The van der Waals surface area contributed by atoms with Crippen LogP contribution in [0, 0.1) is 23.7 Å². The third kappa shape index (κ3) is 3.32. The highest BCUT2D eigenvalue weighted by Gasteiger charge is 2.30. The minimum absolute atomic E-state index is 0.475. The maximum atomic E-state index is 11.6. The molecule has 0 radical (unpaired) electrons. The molecule has 0 N–H and O–H groups in total. The van der Waals surface area contributed by atoms with Crippen LogP contribution in [-0.2, 0) is 4.79 Å². The van der Waals surface area contributed by atoms with Crippen LogP contribution in [-0.4, -0.2) is 5.78 Å². The average Bonchev–Trinajstić information content (AvgIpc) is 2.95. The molecule has 1 heteroatoms. The zero-order chi connectivity index (χ0) is 10.8. The van der Waals surface area contributed by atoms with Gasteiger partial charge < -0.3 is 0 Å². The lowest BCUT2D eigenvalue weighted by Gasteiger charge is -2.31. The van der Waals surface area contributed by atoms with Crippen LogP contribution in [0.5, 0.6) is 0 Å². The summed E-state index contributed by atoms with van der Waals surface area (Å²) in [7, 11) is 0. The van der Waals surface area contributed by atoms with E-state index >= 15 is 0 Å². The summed E-state index contributed by atoms with van der Waals surface area (Å²) < 4.78 is 0. The van der Waals surface area contributed by atoms with Gasteiger partial charge in [-0.15, -0.1) is 0 Å². The van der Waals surface area contributed by atoms with Gasteiger partial charge in [-0.25, -0.2) is 0 Å². The van der Waals surface area contributed by atoms with E-state index in [0.717, 1.165) is 24.2 Å². The van der Waals surface area contributed by atoms with Crippen molar-refractivity contribution in [3.63, 3.8) is 0 Å². The van der Waals surface area contributed by atoms with Crippen molar-refractivity contribution < 1.29 is 4.79 Å². The van der Waals surface area contributed by atoms with E-state index in [1.165, 1.54) is 38.5 Å². The van der Waals surface area contributed by atoms with Crippen LogP contribution in [0.4, 0.5) is 0 Å². The molecule has 0 spiro atoms. The van der Waals surface area contributed by atoms with Crippen molar-refractivity contribution >= 4 is 5.78 Å². The molecule has 0 heterocycles. The molecule has 2 aliphatic carbocycles. The molecule has 0 bridgehead atoms. The van der Waals surface area contributed by atoms with Crippen LogP contribution in [0.2, 0.25) is 0 Å². The van der Waals surface area contributed by atoms with Crippen molar-refractivity contribution in [1.29, 1.82) is 0 Å². The standard InChI is InChI=1S/C14H24O/c1-10-7-11(2)9-12(8-10)3-6-14(15)13-4-5-13/h10-13H,3-9H2,1-2H3. The summed E-state index contributed by atoms with van der Waals surface area (Å²) in [5, 5.41) is 0. The molecule has 2 atom stereocenters. The van der Waals surface area contributed by atoms with Crippen molar-refractivity contribution in [1.82, 2.24) is 0 Å². The summed E-state index contributed by atoms with van der Waals surface area (Å²) >= 11 is 0. The average molecular weight is 208 g/mol. The van der Waals surface area contributed by atoms with Crippen LogP contribution in [0.1, 0.15) is 58.8 Å². The molecule has 0 aliphatic heterocycles. The van der Waals surface area contributed by atoms with Gasteiger partial charge in [0.15, 0.2) is 0 Å². The van der Waals surface area contributed by atoms with Crippen molar-refractivity contribution in [3.8, 4) is 0 Å². The first-order chi connectivity index (χ1) is 7.15. The molecule has 2 saturated carbocycles. The molecular weight excluding hydrogens is 184 g/mol. The summed E-state index contributed by atoms with van der Waals surface area (Å²) in [6.45, 7) is 4.73. The zero-order valence-electron chi connectivity index (χ0n) is 10.2. The number of hydrogen-bond acceptors (Lipinski definition) is 1. The lowest BCUT2D eigenvalue weighted by atomic mass is 9.75. The SMILES string of the molecule is CC1CC(C)CC(CCC(=O)C2CC2)C1. The second kappa shape index (κ2) is 4.67. The van der Waals surface area contributed by atoms with Gasteiger partial charge in [0.1, 0.15) is 5.78 Å². The number of ketones is 1. The molecule has 0 saturated heterocycles. The fraction of sp³-hybridized carbons (Fsp3) is 0.929. The zero-order valence-corrected chi connectivity index (χ0v) is 10.2. The van der Waals surface area contributed by atoms with Crippen LogP contribution >= 0.6 is 0 Å². The monoisotopic (exact) mass is 208 g/mol. The van der Waals surface area contributed by atoms with E-state index in [2.05, 4.69) is 13.8 Å². The molecular formula is C14H24O. The number of carbonyl (C=O) groups is 1. The second-order valence-corrected chi connectivity index (χ2v) is 6.06. The van der Waals surface area contributed by atoms with Gasteiger partial charge in [0.2, 0.25) is 0 Å². The third-order valence-corrected chi connectivity index (χ3v) is 4.11. The first-order valence-electron chi connectivity index (χ1n) is 6.68. The summed E-state index contributed by atoms with van der Waals surface area (Å²) in [5.41, 5.74) is 0. The Morgan fingerprint density at radius 1 is 1.07 bits per heavy atom. The van der Waals surface area contributed by atoms with Crippen molar-refractivity contribution in [3.05, 3.63) is 0 Å². The lowest BCUT2D eigenvalue weighted by Crippen LogP contribution is -2.20. The van der Waals surface area contributed by atoms with E-state index in [0.29, 0.717) is 11.7 Å². The Morgan fingerprint density at radius 2 is 1.67 bits per heavy atom. The molecule has 86 valence electrons. The van der Waals surface area contributed by atoms with E-state index in [1.807, 2.05) is 0 Å². The Balaban J connectivity index is 1.71. The molecule has 0 aromatic carbocycles. The molecule has 0 amide bonds. The molecule has 0 aromatic rings. The van der Waals surface area contributed by atoms with Crippen LogP contribution in [0.15, 0.2) is 0 Å². The molecule has 0 aromatic heterocycles. The lowest BCUT2D eigenvalue weighted by molar-refractivity contribution is -0.120. The van der Waals surface area contributed by atoms with Gasteiger partial charge in [0.05, 0.1) is 0 Å². The first kappa shape index (κ1) is 11.2. The van der Waals surface area contributed by atoms with E-state index < -0.39 is 0 Å². The first-order valence-corrected chi connectivity index (χ1v) is 6.68. The second-order valence-electron chi connectivity index (χ2n) is 6.06. The summed E-state index contributed by atoms with van der Waals surface area (Å²) in [4.78, 5) is 11.6. The largest absolute Gasteiger partial charge is 0.299 e. The Hall–Kier alpha value is -0.330. The van der Waals surface area contributed by atoms with Gasteiger partial charge in [0, 0.05) is 12.3 Å². The number of hydrogen-bond donors (Lipinski definition) is 0. The van der Waals surface area contributed by atoms with Gasteiger partial charge in [-0.1, -0.05) is 13.8 Å². The normalized spacial score (nSPS) is 36.5. The molecule has 2 unspecified atom stereocenters. The van der Waals surface area contributed by atoms with Gasteiger partial charge in [-0.2, -0.15) is 0 Å². The quantitative estimate of drug-likeness (QED) is 0.686. The van der Waals surface area contributed by atoms with Crippen LogP contribution in [0.25, 0.3) is 0 Å². The van der Waals surface area contributed by atoms with Gasteiger partial charge >= 0.3 is 0 Å².